The second-order valence-corrected chi connectivity index (χ2v) is 8.93. The molecule has 0 heterocycles. The first-order valence-electron chi connectivity index (χ1n) is 12.0. The van der Waals surface area contributed by atoms with E-state index in [2.05, 4.69) is 19.2 Å². The van der Waals surface area contributed by atoms with Crippen LogP contribution in [0.25, 0.3) is 0 Å². The highest BCUT2D eigenvalue weighted by atomic mass is 16.2. The van der Waals surface area contributed by atoms with Gasteiger partial charge in [0.15, 0.2) is 0 Å². The molecule has 0 bridgehead atoms. The van der Waals surface area contributed by atoms with Gasteiger partial charge in [0, 0.05) is 50.1 Å². The van der Waals surface area contributed by atoms with Crippen molar-refractivity contribution >= 4 is 17.7 Å². The van der Waals surface area contributed by atoms with Gasteiger partial charge >= 0.3 is 0 Å². The van der Waals surface area contributed by atoms with Crippen LogP contribution in [0.15, 0.2) is 24.3 Å². The Hall–Kier alpha value is -2.37. The van der Waals surface area contributed by atoms with E-state index in [0.29, 0.717) is 43.5 Å². The molecule has 0 saturated heterocycles. The Morgan fingerprint density at radius 1 is 0.903 bits per heavy atom. The summed E-state index contributed by atoms with van der Waals surface area (Å²) in [7, 11) is 0. The number of hydrogen-bond donors (Lipinski definition) is 1. The lowest BCUT2D eigenvalue weighted by molar-refractivity contribution is -0.133. The van der Waals surface area contributed by atoms with Crippen molar-refractivity contribution in [2.24, 2.45) is 0 Å². The van der Waals surface area contributed by atoms with Gasteiger partial charge in [0.25, 0.3) is 5.91 Å². The van der Waals surface area contributed by atoms with E-state index >= 15 is 0 Å². The van der Waals surface area contributed by atoms with Gasteiger partial charge in [-0.3, -0.25) is 14.4 Å². The SMILES string of the molecule is CCCN(CCC)C(=O)CCCC(=O)N(Cc1ccc(C(=O)NC2CC2)cc1)C1CC1. The van der Waals surface area contributed by atoms with E-state index in [0.717, 1.165) is 57.2 Å². The molecule has 1 N–H and O–H groups in total. The van der Waals surface area contributed by atoms with Gasteiger partial charge in [0.1, 0.15) is 0 Å². The number of rotatable bonds is 13. The summed E-state index contributed by atoms with van der Waals surface area (Å²) in [5, 5.41) is 3.00. The molecule has 2 aliphatic carbocycles. The van der Waals surface area contributed by atoms with E-state index in [1.165, 1.54) is 0 Å². The van der Waals surface area contributed by atoms with E-state index in [-0.39, 0.29) is 17.7 Å². The maximum Gasteiger partial charge on any atom is 0.251 e. The second kappa shape index (κ2) is 11.3. The van der Waals surface area contributed by atoms with Gasteiger partial charge in [-0.15, -0.1) is 0 Å². The highest BCUT2D eigenvalue weighted by Gasteiger charge is 2.32. The minimum Gasteiger partial charge on any atom is -0.349 e. The molecule has 170 valence electrons. The van der Waals surface area contributed by atoms with Gasteiger partial charge in [-0.1, -0.05) is 26.0 Å². The van der Waals surface area contributed by atoms with Crippen molar-refractivity contribution in [3.8, 4) is 0 Å². The number of benzene rings is 1. The highest BCUT2D eigenvalue weighted by Crippen LogP contribution is 2.29. The van der Waals surface area contributed by atoms with E-state index in [9.17, 15) is 14.4 Å². The zero-order chi connectivity index (χ0) is 22.2. The van der Waals surface area contributed by atoms with E-state index in [1.807, 2.05) is 34.1 Å². The van der Waals surface area contributed by atoms with Crippen molar-refractivity contribution in [2.75, 3.05) is 13.1 Å². The predicted molar refractivity (Wildman–Crippen MR) is 122 cm³/mol. The summed E-state index contributed by atoms with van der Waals surface area (Å²) >= 11 is 0. The average Bonchev–Trinajstić information content (AvgIpc) is 3.67. The van der Waals surface area contributed by atoms with Crippen LogP contribution in [0.5, 0.6) is 0 Å². The molecular formula is C25H37N3O3. The van der Waals surface area contributed by atoms with Crippen LogP contribution in [-0.2, 0) is 16.1 Å². The quantitative estimate of drug-likeness (QED) is 0.519. The molecule has 0 radical (unpaired) electrons. The summed E-state index contributed by atoms with van der Waals surface area (Å²) < 4.78 is 0. The number of carbonyl (C=O) groups excluding carboxylic acids is 3. The Bertz CT molecular complexity index is 748. The van der Waals surface area contributed by atoms with Crippen LogP contribution >= 0.6 is 0 Å². The number of nitrogens with zero attached hydrogens (tertiary/aromatic N) is 2. The Labute approximate surface area is 186 Å². The van der Waals surface area contributed by atoms with Gasteiger partial charge in [0.05, 0.1) is 0 Å². The van der Waals surface area contributed by atoms with Gasteiger partial charge in [-0.2, -0.15) is 0 Å². The first-order chi connectivity index (χ1) is 15.0. The highest BCUT2D eigenvalue weighted by molar-refractivity contribution is 5.94. The molecule has 2 aliphatic rings. The molecule has 6 heteroatoms. The Kier molecular flexibility index (Phi) is 8.50. The van der Waals surface area contributed by atoms with Crippen molar-refractivity contribution in [3.63, 3.8) is 0 Å². The summed E-state index contributed by atoms with van der Waals surface area (Å²) in [6.07, 6.45) is 7.62. The molecule has 2 fully saturated rings. The largest absolute Gasteiger partial charge is 0.349 e. The molecule has 1 aromatic carbocycles. The van der Waals surface area contributed by atoms with Crippen LogP contribution in [0.1, 0.15) is 87.6 Å². The first-order valence-corrected chi connectivity index (χ1v) is 12.0. The van der Waals surface area contributed by atoms with Gasteiger partial charge in [-0.05, 0) is 62.6 Å². The zero-order valence-corrected chi connectivity index (χ0v) is 19.1. The van der Waals surface area contributed by atoms with E-state index < -0.39 is 0 Å². The molecule has 1 aromatic rings. The van der Waals surface area contributed by atoms with Gasteiger partial charge < -0.3 is 15.1 Å². The van der Waals surface area contributed by atoms with Gasteiger partial charge in [-0.25, -0.2) is 0 Å². The summed E-state index contributed by atoms with van der Waals surface area (Å²) in [5.41, 5.74) is 1.71. The summed E-state index contributed by atoms with van der Waals surface area (Å²) in [4.78, 5) is 41.3. The maximum atomic E-state index is 12.9. The Morgan fingerprint density at radius 3 is 2.06 bits per heavy atom. The molecule has 0 aliphatic heterocycles. The number of nitrogens with one attached hydrogen (secondary N) is 1. The number of carbonyl (C=O) groups is 3. The fraction of sp³-hybridized carbons (Fsp3) is 0.640. The van der Waals surface area contributed by atoms with Crippen LogP contribution in [0, 0.1) is 0 Å². The molecule has 0 spiro atoms. The lowest BCUT2D eigenvalue weighted by atomic mass is 10.1. The third kappa shape index (κ3) is 7.37. The van der Waals surface area contributed by atoms with Gasteiger partial charge in [0.2, 0.25) is 11.8 Å². The van der Waals surface area contributed by atoms with Crippen LogP contribution in [-0.4, -0.2) is 52.7 Å². The molecule has 3 amide bonds. The average molecular weight is 428 g/mol. The summed E-state index contributed by atoms with van der Waals surface area (Å²) in [6.45, 7) is 6.32. The Balaban J connectivity index is 1.48. The minimum atomic E-state index is -0.0194. The van der Waals surface area contributed by atoms with Crippen molar-refractivity contribution < 1.29 is 14.4 Å². The molecule has 0 unspecified atom stereocenters. The minimum absolute atomic E-state index is 0.0194. The smallest absolute Gasteiger partial charge is 0.251 e. The maximum absolute atomic E-state index is 12.9. The topological polar surface area (TPSA) is 69.7 Å². The molecule has 2 saturated carbocycles. The molecule has 0 atom stereocenters. The van der Waals surface area contributed by atoms with Crippen LogP contribution in [0.3, 0.4) is 0 Å². The normalized spacial score (nSPS) is 15.4. The predicted octanol–water partition coefficient (Wildman–Crippen LogP) is 3.89. The fourth-order valence-corrected chi connectivity index (χ4v) is 3.86. The third-order valence-electron chi connectivity index (χ3n) is 5.91. The van der Waals surface area contributed by atoms with Crippen LogP contribution in [0.2, 0.25) is 0 Å². The van der Waals surface area contributed by atoms with E-state index in [1.54, 1.807) is 0 Å². The number of amides is 3. The molecular weight excluding hydrogens is 390 g/mol. The standard InChI is InChI=1S/C25H37N3O3/c1-3-16-27(17-4-2)23(29)6-5-7-24(30)28(22-14-15-22)18-19-8-10-20(11-9-19)25(31)26-21-12-13-21/h8-11,21-22H,3-7,12-18H2,1-2H3,(H,26,31). The number of hydrogen-bond acceptors (Lipinski definition) is 3. The van der Waals surface area contributed by atoms with E-state index in [4.69, 9.17) is 0 Å². The van der Waals surface area contributed by atoms with Crippen molar-refractivity contribution in [1.82, 2.24) is 15.1 Å². The third-order valence-corrected chi connectivity index (χ3v) is 5.91. The molecule has 0 aromatic heterocycles. The van der Waals surface area contributed by atoms with Crippen molar-refractivity contribution in [1.29, 1.82) is 0 Å². The first kappa shape index (κ1) is 23.3. The van der Waals surface area contributed by atoms with Crippen molar-refractivity contribution in [3.05, 3.63) is 35.4 Å². The monoisotopic (exact) mass is 427 g/mol. The lowest BCUT2D eigenvalue weighted by Crippen LogP contribution is -2.34. The Morgan fingerprint density at radius 2 is 1.52 bits per heavy atom. The molecule has 31 heavy (non-hydrogen) atoms. The zero-order valence-electron chi connectivity index (χ0n) is 19.1. The molecule has 6 nitrogen and oxygen atoms in total. The summed E-state index contributed by atoms with van der Waals surface area (Å²) in [6, 6.07) is 8.24. The fourth-order valence-electron chi connectivity index (χ4n) is 3.86. The lowest BCUT2D eigenvalue weighted by Gasteiger charge is -2.24. The molecule has 3 rings (SSSR count). The summed E-state index contributed by atoms with van der Waals surface area (Å²) in [5.74, 6) is 0.270. The van der Waals surface area contributed by atoms with Crippen molar-refractivity contribution in [2.45, 2.75) is 90.3 Å². The van der Waals surface area contributed by atoms with Crippen LogP contribution in [0.4, 0.5) is 0 Å². The second-order valence-electron chi connectivity index (χ2n) is 8.93. The van der Waals surface area contributed by atoms with Crippen LogP contribution < -0.4 is 5.32 Å².